The van der Waals surface area contributed by atoms with E-state index in [9.17, 15) is 0 Å². The predicted octanol–water partition coefficient (Wildman–Crippen LogP) is 2.55. The number of hydrogen-bond donors (Lipinski definition) is 2. The summed E-state index contributed by atoms with van der Waals surface area (Å²) in [5.41, 5.74) is 1.14. The van der Waals surface area contributed by atoms with Crippen molar-refractivity contribution >= 4 is 35.8 Å². The first-order valence-corrected chi connectivity index (χ1v) is 9.49. The SMILES string of the molecule is CCNC(=NCc1ccc(N2CCN(C)CC2)nc1)NCCC(C)C.I. The van der Waals surface area contributed by atoms with Crippen molar-refractivity contribution in [2.75, 3.05) is 51.2 Å². The number of halogens is 1. The number of aliphatic imine (C=N–C) groups is 1. The maximum atomic E-state index is 4.67. The molecule has 0 aliphatic carbocycles. The molecule has 0 unspecified atom stereocenters. The van der Waals surface area contributed by atoms with Gasteiger partial charge < -0.3 is 20.4 Å². The molecule has 1 aliphatic heterocycles. The summed E-state index contributed by atoms with van der Waals surface area (Å²) in [5.74, 6) is 2.65. The summed E-state index contributed by atoms with van der Waals surface area (Å²) in [6.45, 7) is 13.3. The Labute approximate surface area is 175 Å². The van der Waals surface area contributed by atoms with Crippen molar-refractivity contribution in [2.24, 2.45) is 10.9 Å². The van der Waals surface area contributed by atoms with Crippen LogP contribution in [-0.2, 0) is 6.54 Å². The zero-order valence-corrected chi connectivity index (χ0v) is 19.0. The average Bonchev–Trinajstić information content (AvgIpc) is 2.60. The highest BCUT2D eigenvalue weighted by molar-refractivity contribution is 14.0. The molecule has 6 nitrogen and oxygen atoms in total. The van der Waals surface area contributed by atoms with E-state index < -0.39 is 0 Å². The van der Waals surface area contributed by atoms with Gasteiger partial charge in [-0.15, -0.1) is 24.0 Å². The summed E-state index contributed by atoms with van der Waals surface area (Å²) in [7, 11) is 2.17. The van der Waals surface area contributed by atoms with Crippen LogP contribution in [-0.4, -0.2) is 62.2 Å². The van der Waals surface area contributed by atoms with Gasteiger partial charge in [-0.2, -0.15) is 0 Å². The summed E-state index contributed by atoms with van der Waals surface area (Å²) < 4.78 is 0. The average molecular weight is 474 g/mol. The van der Waals surface area contributed by atoms with Gasteiger partial charge in [-0.3, -0.25) is 0 Å². The van der Waals surface area contributed by atoms with E-state index >= 15 is 0 Å². The molecular formula is C19H35IN6. The Hall–Kier alpha value is -1.09. The molecule has 2 N–H and O–H groups in total. The third-order valence-electron chi connectivity index (χ3n) is 4.41. The van der Waals surface area contributed by atoms with Crippen molar-refractivity contribution in [3.8, 4) is 0 Å². The molecule has 7 heteroatoms. The highest BCUT2D eigenvalue weighted by Gasteiger charge is 2.14. The molecule has 2 heterocycles. The summed E-state index contributed by atoms with van der Waals surface area (Å²) in [6.07, 6.45) is 3.10. The summed E-state index contributed by atoms with van der Waals surface area (Å²) in [4.78, 5) is 14.0. The van der Waals surface area contributed by atoms with E-state index in [0.717, 1.165) is 63.0 Å². The van der Waals surface area contributed by atoms with Gasteiger partial charge >= 0.3 is 0 Å². The van der Waals surface area contributed by atoms with E-state index in [2.05, 4.69) is 70.4 Å². The Kier molecular flexibility index (Phi) is 10.9. The fourth-order valence-corrected chi connectivity index (χ4v) is 2.72. The fraction of sp³-hybridized carbons (Fsp3) is 0.684. The number of likely N-dealkylation sites (N-methyl/N-ethyl adjacent to an activating group) is 1. The van der Waals surface area contributed by atoms with Gasteiger partial charge in [0.05, 0.1) is 6.54 Å². The third-order valence-corrected chi connectivity index (χ3v) is 4.41. The first kappa shape index (κ1) is 23.0. The van der Waals surface area contributed by atoms with Gasteiger partial charge in [0.25, 0.3) is 0 Å². The van der Waals surface area contributed by atoms with E-state index in [-0.39, 0.29) is 24.0 Å². The van der Waals surface area contributed by atoms with Gasteiger partial charge in [-0.25, -0.2) is 9.98 Å². The number of pyridine rings is 1. The second kappa shape index (κ2) is 12.3. The molecule has 1 aliphatic rings. The predicted molar refractivity (Wildman–Crippen MR) is 122 cm³/mol. The maximum Gasteiger partial charge on any atom is 0.191 e. The highest BCUT2D eigenvalue weighted by atomic mass is 127. The fourth-order valence-electron chi connectivity index (χ4n) is 2.72. The topological polar surface area (TPSA) is 55.8 Å². The molecule has 0 radical (unpaired) electrons. The lowest BCUT2D eigenvalue weighted by molar-refractivity contribution is 0.312. The largest absolute Gasteiger partial charge is 0.357 e. The summed E-state index contributed by atoms with van der Waals surface area (Å²) in [6, 6.07) is 4.26. The second-order valence-electron chi connectivity index (χ2n) is 7.12. The lowest BCUT2D eigenvalue weighted by Gasteiger charge is -2.33. The molecule has 0 bridgehead atoms. The third kappa shape index (κ3) is 8.07. The number of nitrogens with one attached hydrogen (secondary N) is 2. The minimum atomic E-state index is 0. The Bertz CT molecular complexity index is 523. The zero-order valence-electron chi connectivity index (χ0n) is 16.7. The Morgan fingerprint density at radius 3 is 2.50 bits per heavy atom. The van der Waals surface area contributed by atoms with E-state index in [1.165, 1.54) is 0 Å². The number of anilines is 1. The maximum absolute atomic E-state index is 4.67. The normalized spacial score (nSPS) is 15.7. The Morgan fingerprint density at radius 2 is 1.92 bits per heavy atom. The number of rotatable bonds is 7. The van der Waals surface area contributed by atoms with Gasteiger partial charge in [0.15, 0.2) is 5.96 Å². The van der Waals surface area contributed by atoms with E-state index in [0.29, 0.717) is 12.5 Å². The molecule has 1 aromatic rings. The van der Waals surface area contributed by atoms with Crippen LogP contribution in [0.5, 0.6) is 0 Å². The molecule has 26 heavy (non-hydrogen) atoms. The van der Waals surface area contributed by atoms with Crippen LogP contribution in [0.4, 0.5) is 5.82 Å². The molecule has 0 amide bonds. The van der Waals surface area contributed by atoms with Gasteiger partial charge in [-0.1, -0.05) is 19.9 Å². The van der Waals surface area contributed by atoms with Crippen molar-refractivity contribution in [1.82, 2.24) is 20.5 Å². The number of hydrogen-bond acceptors (Lipinski definition) is 4. The van der Waals surface area contributed by atoms with Gasteiger partial charge in [0.2, 0.25) is 0 Å². The highest BCUT2D eigenvalue weighted by Crippen LogP contribution is 2.14. The Balaban J connectivity index is 0.00000338. The molecule has 0 spiro atoms. The quantitative estimate of drug-likeness (QED) is 0.362. The zero-order chi connectivity index (χ0) is 18.1. The van der Waals surface area contributed by atoms with E-state index in [4.69, 9.17) is 0 Å². The molecule has 0 atom stereocenters. The second-order valence-corrected chi connectivity index (χ2v) is 7.12. The molecule has 1 fully saturated rings. The first-order chi connectivity index (χ1) is 12.1. The molecule has 148 valence electrons. The van der Waals surface area contributed by atoms with E-state index in [1.807, 2.05) is 6.20 Å². The van der Waals surface area contributed by atoms with Crippen LogP contribution in [0.15, 0.2) is 23.3 Å². The van der Waals surface area contributed by atoms with Crippen LogP contribution in [0.25, 0.3) is 0 Å². The standard InChI is InChI=1S/C19H34N6.HI/c1-5-20-19(21-9-8-16(2)3)23-15-17-6-7-18(22-14-17)25-12-10-24(4)11-13-25;/h6-7,14,16H,5,8-13,15H2,1-4H3,(H2,20,21,23);1H. The first-order valence-electron chi connectivity index (χ1n) is 9.49. The van der Waals surface area contributed by atoms with Crippen LogP contribution < -0.4 is 15.5 Å². The molecule has 1 saturated heterocycles. The van der Waals surface area contributed by atoms with Gasteiger partial charge in [-0.05, 0) is 37.9 Å². The van der Waals surface area contributed by atoms with Crippen molar-refractivity contribution in [2.45, 2.75) is 33.7 Å². The molecular weight excluding hydrogens is 439 g/mol. The molecule has 0 saturated carbocycles. The van der Waals surface area contributed by atoms with Crippen molar-refractivity contribution in [1.29, 1.82) is 0 Å². The molecule has 1 aromatic heterocycles. The van der Waals surface area contributed by atoms with Crippen LogP contribution >= 0.6 is 24.0 Å². The van der Waals surface area contributed by atoms with Crippen LogP contribution in [0.3, 0.4) is 0 Å². The van der Waals surface area contributed by atoms with Gasteiger partial charge in [0.1, 0.15) is 5.82 Å². The summed E-state index contributed by atoms with van der Waals surface area (Å²) in [5, 5.41) is 6.69. The van der Waals surface area contributed by atoms with Crippen LogP contribution in [0.2, 0.25) is 0 Å². The van der Waals surface area contributed by atoms with Crippen molar-refractivity contribution in [3.05, 3.63) is 23.9 Å². The number of piperazine rings is 1. The number of nitrogens with zero attached hydrogens (tertiary/aromatic N) is 4. The lowest BCUT2D eigenvalue weighted by atomic mass is 10.1. The van der Waals surface area contributed by atoms with Crippen LogP contribution in [0.1, 0.15) is 32.8 Å². The number of guanidine groups is 1. The number of aromatic nitrogens is 1. The smallest absolute Gasteiger partial charge is 0.191 e. The minimum Gasteiger partial charge on any atom is -0.357 e. The summed E-state index contributed by atoms with van der Waals surface area (Å²) >= 11 is 0. The van der Waals surface area contributed by atoms with Gasteiger partial charge in [0, 0.05) is 45.5 Å². The monoisotopic (exact) mass is 474 g/mol. The van der Waals surface area contributed by atoms with Crippen molar-refractivity contribution < 1.29 is 0 Å². The Morgan fingerprint density at radius 1 is 1.19 bits per heavy atom. The van der Waals surface area contributed by atoms with Crippen molar-refractivity contribution in [3.63, 3.8) is 0 Å². The van der Waals surface area contributed by atoms with E-state index in [1.54, 1.807) is 0 Å². The molecule has 0 aromatic carbocycles. The lowest BCUT2D eigenvalue weighted by Crippen LogP contribution is -2.44. The molecule has 2 rings (SSSR count). The minimum absolute atomic E-state index is 0. The van der Waals surface area contributed by atoms with Crippen LogP contribution in [0, 0.1) is 5.92 Å².